The van der Waals surface area contributed by atoms with Gasteiger partial charge in [0.15, 0.2) is 0 Å². The predicted molar refractivity (Wildman–Crippen MR) is 123 cm³/mol. The predicted octanol–water partition coefficient (Wildman–Crippen LogP) is 8.20. The fourth-order valence-corrected chi connectivity index (χ4v) is 3.39. The Hall–Kier alpha value is -1.18. The Bertz CT molecular complexity index is 509. The van der Waals surface area contributed by atoms with Crippen molar-refractivity contribution in [2.75, 3.05) is 13.2 Å². The first-order valence-electron chi connectivity index (χ1n) is 11.6. The molecule has 2 nitrogen and oxygen atoms in total. The van der Waals surface area contributed by atoms with Gasteiger partial charge in [-0.1, -0.05) is 93.9 Å². The van der Waals surface area contributed by atoms with Gasteiger partial charge in [0, 0.05) is 11.1 Å². The highest BCUT2D eigenvalue weighted by Crippen LogP contribution is 2.41. The van der Waals surface area contributed by atoms with Crippen LogP contribution in [0.25, 0.3) is 0 Å². The molecule has 0 atom stereocenters. The maximum absolute atomic E-state index is 6.30. The van der Waals surface area contributed by atoms with Crippen molar-refractivity contribution < 1.29 is 9.47 Å². The van der Waals surface area contributed by atoms with Gasteiger partial charge >= 0.3 is 0 Å². The van der Waals surface area contributed by atoms with E-state index < -0.39 is 0 Å². The minimum absolute atomic E-state index is 0.0233. The fourth-order valence-electron chi connectivity index (χ4n) is 3.39. The normalized spacial score (nSPS) is 12.3. The van der Waals surface area contributed by atoms with Crippen LogP contribution in [0.2, 0.25) is 0 Å². The third kappa shape index (κ3) is 8.45. The Morgan fingerprint density at radius 2 is 0.929 bits per heavy atom. The van der Waals surface area contributed by atoms with Crippen molar-refractivity contribution >= 4 is 0 Å². The third-order valence-electron chi connectivity index (χ3n) is 5.21. The molecule has 1 aromatic rings. The van der Waals surface area contributed by atoms with E-state index in [1.807, 2.05) is 0 Å². The standard InChI is InChI=1S/C26H46O2/c1-9-11-13-15-17-27-23-19-22(26(6,7)8)24(20-21(23)25(3,4)5)28-18-16-14-12-10-2/h19-20H,9-18H2,1-8H3. The number of rotatable bonds is 12. The molecule has 0 unspecified atom stereocenters. The van der Waals surface area contributed by atoms with Crippen LogP contribution in [0, 0.1) is 0 Å². The highest BCUT2D eigenvalue weighted by atomic mass is 16.5. The average Bonchev–Trinajstić information content (AvgIpc) is 2.60. The van der Waals surface area contributed by atoms with Crippen LogP contribution >= 0.6 is 0 Å². The van der Waals surface area contributed by atoms with Gasteiger partial charge in [-0.15, -0.1) is 0 Å². The summed E-state index contributed by atoms with van der Waals surface area (Å²) in [6.45, 7) is 19.6. The second-order valence-electron chi connectivity index (χ2n) is 10.2. The molecule has 1 rings (SSSR count). The lowest BCUT2D eigenvalue weighted by molar-refractivity contribution is 0.284. The summed E-state index contributed by atoms with van der Waals surface area (Å²) in [6.07, 6.45) is 9.81. The minimum Gasteiger partial charge on any atom is -0.493 e. The molecular weight excluding hydrogens is 344 g/mol. The highest BCUT2D eigenvalue weighted by molar-refractivity contribution is 5.51. The van der Waals surface area contributed by atoms with Crippen molar-refractivity contribution in [3.05, 3.63) is 23.3 Å². The van der Waals surface area contributed by atoms with E-state index in [0.29, 0.717) is 0 Å². The van der Waals surface area contributed by atoms with E-state index >= 15 is 0 Å². The molecule has 162 valence electrons. The summed E-state index contributed by atoms with van der Waals surface area (Å²) >= 11 is 0. The molecule has 28 heavy (non-hydrogen) atoms. The zero-order valence-corrected chi connectivity index (χ0v) is 20.0. The Morgan fingerprint density at radius 3 is 1.21 bits per heavy atom. The van der Waals surface area contributed by atoms with Gasteiger partial charge in [0.25, 0.3) is 0 Å². The molecule has 0 radical (unpaired) electrons. The van der Waals surface area contributed by atoms with Crippen molar-refractivity contribution in [2.45, 2.75) is 118 Å². The molecule has 0 aliphatic carbocycles. The van der Waals surface area contributed by atoms with E-state index in [2.05, 4.69) is 67.5 Å². The molecular formula is C26H46O2. The molecule has 0 N–H and O–H groups in total. The zero-order chi connectivity index (χ0) is 21.2. The van der Waals surface area contributed by atoms with Crippen LogP contribution < -0.4 is 9.47 Å². The number of hydrogen-bond donors (Lipinski definition) is 0. The molecule has 0 fully saturated rings. The molecule has 0 amide bonds. The molecule has 0 heterocycles. The van der Waals surface area contributed by atoms with Crippen molar-refractivity contribution in [1.29, 1.82) is 0 Å². The molecule has 2 heteroatoms. The maximum Gasteiger partial charge on any atom is 0.123 e. The Labute approximate surface area is 175 Å². The summed E-state index contributed by atoms with van der Waals surface area (Å²) in [5, 5.41) is 0. The first-order valence-corrected chi connectivity index (χ1v) is 11.6. The van der Waals surface area contributed by atoms with Gasteiger partial charge in [-0.05, 0) is 35.8 Å². The Kier molecular flexibility index (Phi) is 10.4. The summed E-state index contributed by atoms with van der Waals surface area (Å²) in [5.74, 6) is 2.07. The van der Waals surface area contributed by atoms with Gasteiger partial charge < -0.3 is 9.47 Å². The maximum atomic E-state index is 6.30. The average molecular weight is 391 g/mol. The molecule has 1 aromatic carbocycles. The Balaban J connectivity index is 3.07. The van der Waals surface area contributed by atoms with E-state index in [1.54, 1.807) is 0 Å². The van der Waals surface area contributed by atoms with E-state index in [4.69, 9.17) is 9.47 Å². The smallest absolute Gasteiger partial charge is 0.123 e. The van der Waals surface area contributed by atoms with Gasteiger partial charge in [0.2, 0.25) is 0 Å². The van der Waals surface area contributed by atoms with Crippen molar-refractivity contribution in [2.24, 2.45) is 0 Å². The molecule has 0 saturated carbocycles. The van der Waals surface area contributed by atoms with Crippen LogP contribution in [-0.4, -0.2) is 13.2 Å². The first-order chi connectivity index (χ1) is 13.1. The summed E-state index contributed by atoms with van der Waals surface area (Å²) in [7, 11) is 0. The van der Waals surface area contributed by atoms with Crippen molar-refractivity contribution in [1.82, 2.24) is 0 Å². The molecule has 0 aliphatic heterocycles. The van der Waals surface area contributed by atoms with Gasteiger partial charge in [-0.2, -0.15) is 0 Å². The van der Waals surface area contributed by atoms with Crippen LogP contribution in [0.3, 0.4) is 0 Å². The van der Waals surface area contributed by atoms with E-state index in [9.17, 15) is 0 Å². The molecule has 0 bridgehead atoms. The number of hydrogen-bond acceptors (Lipinski definition) is 2. The largest absolute Gasteiger partial charge is 0.493 e. The van der Waals surface area contributed by atoms with Crippen LogP contribution in [0.1, 0.15) is 118 Å². The first kappa shape index (κ1) is 24.9. The van der Waals surface area contributed by atoms with E-state index in [1.165, 1.54) is 49.7 Å². The second-order valence-corrected chi connectivity index (χ2v) is 10.2. The van der Waals surface area contributed by atoms with Crippen LogP contribution in [0.5, 0.6) is 11.5 Å². The van der Waals surface area contributed by atoms with Crippen LogP contribution in [0.4, 0.5) is 0 Å². The molecule has 0 aliphatic rings. The number of ether oxygens (including phenoxy) is 2. The van der Waals surface area contributed by atoms with Gasteiger partial charge in [0.1, 0.15) is 11.5 Å². The summed E-state index contributed by atoms with van der Waals surface area (Å²) in [6, 6.07) is 4.50. The monoisotopic (exact) mass is 390 g/mol. The fraction of sp³-hybridized carbons (Fsp3) is 0.769. The lowest BCUT2D eigenvalue weighted by atomic mass is 9.81. The highest BCUT2D eigenvalue weighted by Gasteiger charge is 2.26. The number of benzene rings is 1. The van der Waals surface area contributed by atoms with Crippen LogP contribution in [0.15, 0.2) is 12.1 Å². The lowest BCUT2D eigenvalue weighted by Crippen LogP contribution is -2.19. The van der Waals surface area contributed by atoms with E-state index in [-0.39, 0.29) is 10.8 Å². The van der Waals surface area contributed by atoms with E-state index in [0.717, 1.165) is 37.6 Å². The minimum atomic E-state index is 0.0233. The molecule has 0 spiro atoms. The van der Waals surface area contributed by atoms with Crippen molar-refractivity contribution in [3.63, 3.8) is 0 Å². The second kappa shape index (κ2) is 11.7. The van der Waals surface area contributed by atoms with Gasteiger partial charge in [0.05, 0.1) is 13.2 Å². The molecule has 0 aromatic heterocycles. The van der Waals surface area contributed by atoms with Crippen molar-refractivity contribution in [3.8, 4) is 11.5 Å². The lowest BCUT2D eigenvalue weighted by Gasteiger charge is -2.29. The zero-order valence-electron chi connectivity index (χ0n) is 20.0. The molecule has 0 saturated heterocycles. The third-order valence-corrected chi connectivity index (χ3v) is 5.21. The number of unbranched alkanes of at least 4 members (excludes halogenated alkanes) is 6. The topological polar surface area (TPSA) is 18.5 Å². The van der Waals surface area contributed by atoms with Gasteiger partial charge in [-0.3, -0.25) is 0 Å². The SMILES string of the molecule is CCCCCCOc1cc(C(C)(C)C)c(OCCCCCC)cc1C(C)(C)C. The summed E-state index contributed by atoms with van der Waals surface area (Å²) in [4.78, 5) is 0. The quantitative estimate of drug-likeness (QED) is 0.335. The summed E-state index contributed by atoms with van der Waals surface area (Å²) < 4.78 is 12.6. The van der Waals surface area contributed by atoms with Crippen LogP contribution in [-0.2, 0) is 10.8 Å². The Morgan fingerprint density at radius 1 is 0.571 bits per heavy atom. The summed E-state index contributed by atoms with van der Waals surface area (Å²) in [5.41, 5.74) is 2.55. The van der Waals surface area contributed by atoms with Gasteiger partial charge in [-0.25, -0.2) is 0 Å².